The molecule has 1 aromatic heterocycles. The van der Waals surface area contributed by atoms with Crippen LogP contribution in [0.4, 0.5) is 5.13 Å². The molecule has 1 saturated heterocycles. The quantitative estimate of drug-likeness (QED) is 0.849. The number of hydrogen-bond acceptors (Lipinski definition) is 5. The van der Waals surface area contributed by atoms with Crippen molar-refractivity contribution in [2.75, 3.05) is 37.6 Å². The molecule has 1 amide bonds. The smallest absolute Gasteiger partial charge is 0.230 e. The lowest BCUT2D eigenvalue weighted by molar-refractivity contribution is -0.142. The van der Waals surface area contributed by atoms with Crippen LogP contribution in [0.15, 0.2) is 6.20 Å². The first-order chi connectivity index (χ1) is 10.1. The van der Waals surface area contributed by atoms with Crippen molar-refractivity contribution in [2.24, 2.45) is 11.1 Å². The number of thiazole rings is 1. The van der Waals surface area contributed by atoms with Crippen LogP contribution in [0.25, 0.3) is 0 Å². The summed E-state index contributed by atoms with van der Waals surface area (Å²) in [5, 5.41) is 1.07. The van der Waals surface area contributed by atoms with Crippen LogP contribution in [0.2, 0.25) is 0 Å². The van der Waals surface area contributed by atoms with Crippen molar-refractivity contribution in [1.82, 2.24) is 9.88 Å². The van der Waals surface area contributed by atoms with Gasteiger partial charge in [0.05, 0.1) is 5.41 Å². The molecule has 5 nitrogen and oxygen atoms in total. The number of aryl methyl sites for hydroxylation is 1. The van der Waals surface area contributed by atoms with Crippen LogP contribution < -0.4 is 10.6 Å². The van der Waals surface area contributed by atoms with E-state index in [1.807, 2.05) is 11.1 Å². The predicted molar refractivity (Wildman–Crippen MR) is 102 cm³/mol. The molecule has 0 spiro atoms. The van der Waals surface area contributed by atoms with Gasteiger partial charge in [-0.05, 0) is 19.8 Å². The molecular formula is C15H28Cl2N4OS. The zero-order chi connectivity index (χ0) is 15.5. The third-order valence-corrected chi connectivity index (χ3v) is 5.62. The van der Waals surface area contributed by atoms with Crippen LogP contribution >= 0.6 is 36.2 Å². The van der Waals surface area contributed by atoms with Crippen LogP contribution in [-0.4, -0.2) is 48.5 Å². The first-order valence-electron chi connectivity index (χ1n) is 7.73. The first-order valence-corrected chi connectivity index (χ1v) is 8.54. The number of carbonyl (C=O) groups is 1. The highest BCUT2D eigenvalue weighted by Crippen LogP contribution is 2.29. The van der Waals surface area contributed by atoms with Gasteiger partial charge in [-0.3, -0.25) is 4.79 Å². The second-order valence-electron chi connectivity index (χ2n) is 5.72. The fourth-order valence-electron chi connectivity index (χ4n) is 2.85. The Hall–Kier alpha value is -0.560. The maximum absolute atomic E-state index is 12.8. The lowest BCUT2D eigenvalue weighted by atomic mass is 9.81. The predicted octanol–water partition coefficient (Wildman–Crippen LogP) is 2.71. The number of aromatic nitrogens is 1. The van der Waals surface area contributed by atoms with Gasteiger partial charge >= 0.3 is 0 Å². The topological polar surface area (TPSA) is 62.5 Å². The van der Waals surface area contributed by atoms with Gasteiger partial charge in [0.15, 0.2) is 5.13 Å². The Balaban J connectivity index is 0.00000242. The fraction of sp³-hybridized carbons (Fsp3) is 0.733. The summed E-state index contributed by atoms with van der Waals surface area (Å²) in [4.78, 5) is 22.7. The van der Waals surface area contributed by atoms with Crippen molar-refractivity contribution < 1.29 is 4.79 Å². The average molecular weight is 383 g/mol. The van der Waals surface area contributed by atoms with Crippen LogP contribution in [0.1, 0.15) is 31.6 Å². The molecule has 0 aliphatic carbocycles. The van der Waals surface area contributed by atoms with Crippen LogP contribution in [-0.2, 0) is 4.79 Å². The van der Waals surface area contributed by atoms with Crippen LogP contribution in [0.3, 0.4) is 0 Å². The SMILES string of the molecule is CCC(CC)(CN)C(=O)N1CCN(c2ncc(C)s2)CC1.Cl.Cl. The second kappa shape index (κ2) is 9.67. The van der Waals surface area contributed by atoms with Gasteiger partial charge in [-0.25, -0.2) is 4.98 Å². The van der Waals surface area contributed by atoms with E-state index in [0.29, 0.717) is 6.54 Å². The Labute approximate surface area is 155 Å². The Morgan fingerprint density at radius 3 is 2.22 bits per heavy atom. The van der Waals surface area contributed by atoms with E-state index >= 15 is 0 Å². The minimum atomic E-state index is -0.375. The molecule has 8 heteroatoms. The van der Waals surface area contributed by atoms with Crippen LogP contribution in [0.5, 0.6) is 0 Å². The molecule has 1 aliphatic rings. The summed E-state index contributed by atoms with van der Waals surface area (Å²) >= 11 is 1.71. The highest BCUT2D eigenvalue weighted by atomic mass is 35.5. The minimum Gasteiger partial charge on any atom is -0.345 e. The maximum atomic E-state index is 12.8. The molecule has 0 aromatic carbocycles. The van der Waals surface area contributed by atoms with Gasteiger partial charge in [-0.15, -0.1) is 36.2 Å². The standard InChI is InChI=1S/C15H26N4OS.2ClH/c1-4-15(5-2,11-16)13(20)18-6-8-19(9-7-18)14-17-10-12(3)21-14;;/h10H,4-9,11,16H2,1-3H3;2*1H. The summed E-state index contributed by atoms with van der Waals surface area (Å²) in [5.74, 6) is 0.227. The van der Waals surface area contributed by atoms with Crippen molar-refractivity contribution in [1.29, 1.82) is 0 Å². The van der Waals surface area contributed by atoms with Gasteiger partial charge < -0.3 is 15.5 Å². The summed E-state index contributed by atoms with van der Waals surface area (Å²) in [7, 11) is 0. The number of anilines is 1. The summed E-state index contributed by atoms with van der Waals surface area (Å²) in [5.41, 5.74) is 5.52. The Morgan fingerprint density at radius 2 is 1.83 bits per heavy atom. The van der Waals surface area contributed by atoms with Gasteiger partial charge in [0.25, 0.3) is 0 Å². The number of nitrogens with two attached hydrogens (primary N) is 1. The number of halogens is 2. The number of amides is 1. The van der Waals surface area contributed by atoms with Gasteiger partial charge in [0.2, 0.25) is 5.91 Å². The Kier molecular flexibility index (Phi) is 9.43. The average Bonchev–Trinajstić information content (AvgIpc) is 2.96. The lowest BCUT2D eigenvalue weighted by Gasteiger charge is -2.40. The van der Waals surface area contributed by atoms with Crippen molar-refractivity contribution >= 4 is 47.2 Å². The molecule has 1 aromatic rings. The number of rotatable bonds is 5. The number of piperazine rings is 1. The largest absolute Gasteiger partial charge is 0.345 e. The van der Waals surface area contributed by atoms with E-state index in [1.54, 1.807) is 11.3 Å². The van der Waals surface area contributed by atoms with E-state index in [4.69, 9.17) is 5.73 Å². The minimum absolute atomic E-state index is 0. The normalized spacial score (nSPS) is 15.0. The lowest BCUT2D eigenvalue weighted by Crippen LogP contribution is -2.54. The van der Waals surface area contributed by atoms with Gasteiger partial charge in [-0.1, -0.05) is 13.8 Å². The molecule has 23 heavy (non-hydrogen) atoms. The highest BCUT2D eigenvalue weighted by molar-refractivity contribution is 7.15. The molecule has 2 heterocycles. The summed E-state index contributed by atoms with van der Waals surface area (Å²) in [6.45, 7) is 9.85. The fourth-order valence-corrected chi connectivity index (χ4v) is 3.66. The van der Waals surface area contributed by atoms with Crippen molar-refractivity contribution in [3.05, 3.63) is 11.1 Å². The monoisotopic (exact) mass is 382 g/mol. The Bertz CT molecular complexity index is 477. The molecule has 2 N–H and O–H groups in total. The molecule has 0 bridgehead atoms. The van der Waals surface area contributed by atoms with E-state index in [-0.39, 0.29) is 36.1 Å². The first kappa shape index (κ1) is 22.4. The zero-order valence-electron chi connectivity index (χ0n) is 14.1. The Morgan fingerprint density at radius 1 is 1.26 bits per heavy atom. The summed E-state index contributed by atoms with van der Waals surface area (Å²) < 4.78 is 0. The van der Waals surface area contributed by atoms with Gasteiger partial charge in [-0.2, -0.15) is 0 Å². The molecule has 0 radical (unpaired) electrons. The van der Waals surface area contributed by atoms with E-state index in [1.165, 1.54) is 4.88 Å². The van der Waals surface area contributed by atoms with Gasteiger partial charge in [0, 0.05) is 43.8 Å². The summed E-state index contributed by atoms with van der Waals surface area (Å²) in [6.07, 6.45) is 3.53. The number of hydrogen-bond donors (Lipinski definition) is 1. The van der Waals surface area contributed by atoms with Crippen molar-refractivity contribution in [2.45, 2.75) is 33.6 Å². The molecule has 1 aliphatic heterocycles. The third kappa shape index (κ3) is 4.72. The van der Waals surface area contributed by atoms with Gasteiger partial charge in [0.1, 0.15) is 0 Å². The summed E-state index contributed by atoms with van der Waals surface area (Å²) in [6, 6.07) is 0. The highest BCUT2D eigenvalue weighted by Gasteiger charge is 2.37. The molecule has 1 fully saturated rings. The molecule has 0 saturated carbocycles. The van der Waals surface area contributed by atoms with E-state index in [9.17, 15) is 4.79 Å². The zero-order valence-corrected chi connectivity index (χ0v) is 16.5. The molecule has 0 atom stereocenters. The number of carbonyl (C=O) groups excluding carboxylic acids is 1. The molecular weight excluding hydrogens is 355 g/mol. The molecule has 2 rings (SSSR count). The van der Waals surface area contributed by atoms with Crippen LogP contribution in [0, 0.1) is 12.3 Å². The van der Waals surface area contributed by atoms with Crippen molar-refractivity contribution in [3.8, 4) is 0 Å². The maximum Gasteiger partial charge on any atom is 0.230 e. The van der Waals surface area contributed by atoms with E-state index in [2.05, 4.69) is 30.7 Å². The third-order valence-electron chi connectivity index (χ3n) is 4.64. The second-order valence-corrected chi connectivity index (χ2v) is 6.94. The van der Waals surface area contributed by atoms with Crippen molar-refractivity contribution in [3.63, 3.8) is 0 Å². The van der Waals surface area contributed by atoms with E-state index < -0.39 is 0 Å². The molecule has 134 valence electrons. The molecule has 0 unspecified atom stereocenters. The number of nitrogens with zero attached hydrogens (tertiary/aromatic N) is 3. The van der Waals surface area contributed by atoms with E-state index in [0.717, 1.165) is 44.2 Å².